The lowest BCUT2D eigenvalue weighted by Crippen LogP contribution is -2.36. The smallest absolute Gasteiger partial charge is 0.242 e. The number of hydrogen-bond acceptors (Lipinski definition) is 4. The Balaban J connectivity index is 2.40. The summed E-state index contributed by atoms with van der Waals surface area (Å²) < 4.78 is 17.4. The van der Waals surface area contributed by atoms with Gasteiger partial charge in [0.2, 0.25) is 5.91 Å². The maximum Gasteiger partial charge on any atom is 0.242 e. The first-order valence-corrected chi connectivity index (χ1v) is 5.30. The predicted molar refractivity (Wildman–Crippen MR) is 61.9 cm³/mol. The Kier molecular flexibility index (Phi) is 5.51. The number of ether oxygens (including phenoxy) is 1. The highest BCUT2D eigenvalue weighted by atomic mass is 19.1. The fourth-order valence-corrected chi connectivity index (χ4v) is 1.25. The minimum atomic E-state index is -0.614. The van der Waals surface area contributed by atoms with Crippen LogP contribution in [0.1, 0.15) is 12.8 Å². The normalized spacial score (nSPS) is 12.2. The third-order valence-electron chi connectivity index (χ3n) is 2.18. The van der Waals surface area contributed by atoms with E-state index in [1.165, 1.54) is 12.1 Å². The quantitative estimate of drug-likeness (QED) is 0.726. The first-order valence-electron chi connectivity index (χ1n) is 5.30. The van der Waals surface area contributed by atoms with Crippen molar-refractivity contribution in [3.05, 3.63) is 24.1 Å². The number of nitrogens with two attached hydrogens (primary N) is 1. The van der Waals surface area contributed by atoms with E-state index in [-0.39, 0.29) is 5.91 Å². The third kappa shape index (κ3) is 4.88. The SMILES string of the molecule is COCCCC(N)C(=O)Nc1ccc(F)cn1. The van der Waals surface area contributed by atoms with Crippen LogP contribution in [0.4, 0.5) is 10.2 Å². The molecule has 0 saturated heterocycles. The number of hydrogen-bond donors (Lipinski definition) is 2. The molecule has 0 spiro atoms. The molecule has 0 aliphatic heterocycles. The van der Waals surface area contributed by atoms with Crippen LogP contribution in [0.2, 0.25) is 0 Å². The van der Waals surface area contributed by atoms with Crippen LogP contribution in [-0.4, -0.2) is 30.6 Å². The summed E-state index contributed by atoms with van der Waals surface area (Å²) in [6.07, 6.45) is 2.27. The lowest BCUT2D eigenvalue weighted by atomic mass is 10.1. The van der Waals surface area contributed by atoms with Crippen LogP contribution in [0.3, 0.4) is 0 Å². The van der Waals surface area contributed by atoms with Gasteiger partial charge in [-0.05, 0) is 25.0 Å². The molecule has 0 aliphatic rings. The molecule has 0 aromatic carbocycles. The van der Waals surface area contributed by atoms with Gasteiger partial charge in [0.25, 0.3) is 0 Å². The molecule has 0 bridgehead atoms. The molecule has 5 nitrogen and oxygen atoms in total. The lowest BCUT2D eigenvalue weighted by molar-refractivity contribution is -0.117. The molecule has 1 aromatic rings. The van der Waals surface area contributed by atoms with Gasteiger partial charge in [0.05, 0.1) is 12.2 Å². The van der Waals surface area contributed by atoms with Crippen molar-refractivity contribution >= 4 is 11.7 Å². The Labute approximate surface area is 99.2 Å². The van der Waals surface area contributed by atoms with Crippen molar-refractivity contribution in [2.24, 2.45) is 5.73 Å². The number of nitrogens with one attached hydrogen (secondary N) is 1. The van der Waals surface area contributed by atoms with Gasteiger partial charge in [-0.25, -0.2) is 9.37 Å². The van der Waals surface area contributed by atoms with Crippen LogP contribution in [0.5, 0.6) is 0 Å². The van der Waals surface area contributed by atoms with Crippen LogP contribution >= 0.6 is 0 Å². The summed E-state index contributed by atoms with van der Waals surface area (Å²) in [6, 6.07) is 1.99. The fraction of sp³-hybridized carbons (Fsp3) is 0.455. The average molecular weight is 241 g/mol. The van der Waals surface area contributed by atoms with Crippen molar-refractivity contribution in [1.29, 1.82) is 0 Å². The van der Waals surface area contributed by atoms with Crippen LogP contribution in [0.25, 0.3) is 0 Å². The molecule has 3 N–H and O–H groups in total. The third-order valence-corrected chi connectivity index (χ3v) is 2.18. The number of rotatable bonds is 6. The van der Waals surface area contributed by atoms with E-state index >= 15 is 0 Å². The number of amides is 1. The first kappa shape index (κ1) is 13.5. The summed E-state index contributed by atoms with van der Waals surface area (Å²) in [5, 5.41) is 2.51. The summed E-state index contributed by atoms with van der Waals surface area (Å²) in [5.41, 5.74) is 5.67. The summed E-state index contributed by atoms with van der Waals surface area (Å²) in [4.78, 5) is 15.3. The van der Waals surface area contributed by atoms with Gasteiger partial charge < -0.3 is 15.8 Å². The molecular formula is C11H16FN3O2. The van der Waals surface area contributed by atoms with Crippen molar-refractivity contribution in [3.8, 4) is 0 Å². The molecule has 0 aliphatic carbocycles. The van der Waals surface area contributed by atoms with Crippen LogP contribution in [0.15, 0.2) is 18.3 Å². The number of anilines is 1. The molecule has 1 rings (SSSR count). The number of nitrogens with zero attached hydrogens (tertiary/aromatic N) is 1. The second-order valence-corrected chi connectivity index (χ2v) is 3.59. The highest BCUT2D eigenvalue weighted by Gasteiger charge is 2.13. The molecule has 17 heavy (non-hydrogen) atoms. The van der Waals surface area contributed by atoms with E-state index in [4.69, 9.17) is 10.5 Å². The van der Waals surface area contributed by atoms with Crippen molar-refractivity contribution < 1.29 is 13.9 Å². The maximum atomic E-state index is 12.6. The van der Waals surface area contributed by atoms with Crippen molar-refractivity contribution in [1.82, 2.24) is 4.98 Å². The van der Waals surface area contributed by atoms with Crippen molar-refractivity contribution in [3.63, 3.8) is 0 Å². The van der Waals surface area contributed by atoms with Gasteiger partial charge in [0, 0.05) is 13.7 Å². The molecular weight excluding hydrogens is 225 g/mol. The van der Waals surface area contributed by atoms with Gasteiger partial charge in [-0.3, -0.25) is 4.79 Å². The van der Waals surface area contributed by atoms with E-state index in [0.29, 0.717) is 25.3 Å². The van der Waals surface area contributed by atoms with Gasteiger partial charge in [-0.15, -0.1) is 0 Å². The molecule has 1 heterocycles. The number of halogens is 1. The summed E-state index contributed by atoms with van der Waals surface area (Å²) in [5.74, 6) is -0.494. The maximum absolute atomic E-state index is 12.6. The monoisotopic (exact) mass is 241 g/mol. The van der Waals surface area contributed by atoms with E-state index in [1.807, 2.05) is 0 Å². The Morgan fingerprint density at radius 2 is 2.41 bits per heavy atom. The zero-order valence-electron chi connectivity index (χ0n) is 9.65. The predicted octanol–water partition coefficient (Wildman–Crippen LogP) is 0.913. The first-order chi connectivity index (χ1) is 8.13. The van der Waals surface area contributed by atoms with E-state index in [2.05, 4.69) is 10.3 Å². The molecule has 0 fully saturated rings. The number of carbonyl (C=O) groups excluding carboxylic acids is 1. The molecule has 1 aromatic heterocycles. The number of carbonyl (C=O) groups is 1. The zero-order valence-corrected chi connectivity index (χ0v) is 9.65. The van der Waals surface area contributed by atoms with E-state index < -0.39 is 11.9 Å². The highest BCUT2D eigenvalue weighted by Crippen LogP contribution is 2.05. The van der Waals surface area contributed by atoms with E-state index in [1.54, 1.807) is 7.11 Å². The molecule has 0 saturated carbocycles. The van der Waals surface area contributed by atoms with E-state index in [9.17, 15) is 9.18 Å². The van der Waals surface area contributed by atoms with Gasteiger partial charge in [-0.2, -0.15) is 0 Å². The molecule has 1 amide bonds. The van der Waals surface area contributed by atoms with Crippen LogP contribution < -0.4 is 11.1 Å². The van der Waals surface area contributed by atoms with Crippen molar-refractivity contribution in [2.75, 3.05) is 19.0 Å². The van der Waals surface area contributed by atoms with Gasteiger partial charge in [0.1, 0.15) is 11.6 Å². The fourth-order valence-electron chi connectivity index (χ4n) is 1.25. The zero-order chi connectivity index (χ0) is 12.7. The molecule has 1 unspecified atom stereocenters. The second-order valence-electron chi connectivity index (χ2n) is 3.59. The Bertz CT molecular complexity index is 356. The molecule has 0 radical (unpaired) electrons. The number of pyridine rings is 1. The minimum Gasteiger partial charge on any atom is -0.385 e. The van der Waals surface area contributed by atoms with Gasteiger partial charge in [0.15, 0.2) is 0 Å². The van der Waals surface area contributed by atoms with Gasteiger partial charge >= 0.3 is 0 Å². The number of aromatic nitrogens is 1. The largest absolute Gasteiger partial charge is 0.385 e. The second kappa shape index (κ2) is 6.93. The summed E-state index contributed by atoms with van der Waals surface area (Å²) in [6.45, 7) is 0.565. The van der Waals surface area contributed by atoms with Crippen molar-refractivity contribution in [2.45, 2.75) is 18.9 Å². The standard InChI is InChI=1S/C11H16FN3O2/c1-17-6-2-3-9(13)11(16)15-10-5-4-8(12)7-14-10/h4-5,7,9H,2-3,6,13H2,1H3,(H,14,15,16). The van der Waals surface area contributed by atoms with Crippen LogP contribution in [0, 0.1) is 5.82 Å². The average Bonchev–Trinajstić information content (AvgIpc) is 2.32. The van der Waals surface area contributed by atoms with E-state index in [0.717, 1.165) is 6.20 Å². The lowest BCUT2D eigenvalue weighted by Gasteiger charge is -2.11. The Hall–Kier alpha value is -1.53. The number of methoxy groups -OCH3 is 1. The molecule has 6 heteroatoms. The summed E-state index contributed by atoms with van der Waals surface area (Å²) in [7, 11) is 1.59. The van der Waals surface area contributed by atoms with Crippen LogP contribution in [-0.2, 0) is 9.53 Å². The highest BCUT2D eigenvalue weighted by molar-refractivity contribution is 5.93. The molecule has 1 atom stereocenters. The Morgan fingerprint density at radius 1 is 1.65 bits per heavy atom. The summed E-state index contributed by atoms with van der Waals surface area (Å²) >= 11 is 0. The molecule has 94 valence electrons. The minimum absolute atomic E-state index is 0.290. The van der Waals surface area contributed by atoms with Gasteiger partial charge in [-0.1, -0.05) is 0 Å². The topological polar surface area (TPSA) is 77.2 Å². The Morgan fingerprint density at radius 3 is 3.00 bits per heavy atom.